The van der Waals surface area contributed by atoms with E-state index in [1.54, 1.807) is 11.3 Å². The van der Waals surface area contributed by atoms with Crippen LogP contribution in [0.2, 0.25) is 0 Å². The van der Waals surface area contributed by atoms with Crippen LogP contribution in [0.5, 0.6) is 0 Å². The van der Waals surface area contributed by atoms with Crippen LogP contribution < -0.4 is 10.6 Å². The third-order valence-corrected chi connectivity index (χ3v) is 3.44. The fraction of sp³-hybridized carbons (Fsp3) is 0.636. The molecule has 1 unspecified atom stereocenters. The maximum atomic E-state index is 11.6. The Balaban J connectivity index is 1.70. The molecule has 0 bridgehead atoms. The van der Waals surface area contributed by atoms with Crippen LogP contribution in [0.4, 0.5) is 0 Å². The van der Waals surface area contributed by atoms with Gasteiger partial charge in [0.15, 0.2) is 0 Å². The molecule has 1 atom stereocenters. The van der Waals surface area contributed by atoms with E-state index in [0.29, 0.717) is 19.6 Å². The van der Waals surface area contributed by atoms with E-state index < -0.39 is 0 Å². The summed E-state index contributed by atoms with van der Waals surface area (Å²) in [6.07, 6.45) is 2.24. The molecule has 1 aliphatic rings. The second-order valence-electron chi connectivity index (χ2n) is 4.04. The number of hydrogen-bond acceptors (Lipinski definition) is 5. The van der Waals surface area contributed by atoms with Crippen molar-refractivity contribution in [2.45, 2.75) is 26.0 Å². The lowest BCUT2D eigenvalue weighted by atomic mass is 10.2. The van der Waals surface area contributed by atoms with Crippen LogP contribution in [-0.4, -0.2) is 36.7 Å². The van der Waals surface area contributed by atoms with E-state index in [1.807, 2.05) is 13.1 Å². The molecule has 1 aliphatic heterocycles. The van der Waals surface area contributed by atoms with Crippen LogP contribution in [0.25, 0.3) is 0 Å². The van der Waals surface area contributed by atoms with Crippen LogP contribution in [0.15, 0.2) is 6.20 Å². The number of hydrogen-bond donors (Lipinski definition) is 2. The van der Waals surface area contributed by atoms with Gasteiger partial charge in [0.1, 0.15) is 5.01 Å². The summed E-state index contributed by atoms with van der Waals surface area (Å²) < 4.78 is 5.47. The third-order valence-electron chi connectivity index (χ3n) is 2.52. The summed E-state index contributed by atoms with van der Waals surface area (Å²) in [7, 11) is 0. The van der Waals surface area contributed by atoms with E-state index in [0.717, 1.165) is 23.0 Å². The summed E-state index contributed by atoms with van der Waals surface area (Å²) in [5.74, 6) is 0.0200. The maximum Gasteiger partial charge on any atom is 0.223 e. The molecule has 0 spiro atoms. The summed E-state index contributed by atoms with van der Waals surface area (Å²) in [6.45, 7) is 4.83. The molecule has 1 aromatic heterocycles. The fourth-order valence-electron chi connectivity index (χ4n) is 1.69. The number of amides is 1. The minimum atomic E-state index is 0.00165. The monoisotopic (exact) mass is 255 g/mol. The molecule has 0 aromatic carbocycles. The first-order chi connectivity index (χ1) is 8.24. The molecule has 2 rings (SSSR count). The van der Waals surface area contributed by atoms with E-state index >= 15 is 0 Å². The zero-order valence-electron chi connectivity index (χ0n) is 9.86. The molecular weight excluding hydrogens is 238 g/mol. The first-order valence-electron chi connectivity index (χ1n) is 5.74. The Morgan fingerprint density at radius 2 is 2.65 bits per heavy atom. The predicted octanol–water partition coefficient (Wildman–Crippen LogP) is 0.446. The number of morpholine rings is 1. The van der Waals surface area contributed by atoms with Gasteiger partial charge < -0.3 is 15.4 Å². The smallest absolute Gasteiger partial charge is 0.223 e. The molecule has 2 N–H and O–H groups in total. The molecule has 0 aliphatic carbocycles. The minimum Gasteiger partial charge on any atom is -0.375 e. The van der Waals surface area contributed by atoms with Gasteiger partial charge in [0.2, 0.25) is 5.91 Å². The molecular formula is C11H17N3O2S. The highest BCUT2D eigenvalue weighted by Crippen LogP contribution is 2.10. The van der Waals surface area contributed by atoms with Gasteiger partial charge in [-0.05, 0) is 6.92 Å². The van der Waals surface area contributed by atoms with Crippen molar-refractivity contribution < 1.29 is 9.53 Å². The van der Waals surface area contributed by atoms with Crippen molar-refractivity contribution in [3.8, 4) is 0 Å². The summed E-state index contributed by atoms with van der Waals surface area (Å²) in [5.41, 5.74) is 0. The number of ether oxygens (including phenoxy) is 1. The number of nitrogens with zero attached hydrogens (tertiary/aromatic N) is 1. The van der Waals surface area contributed by atoms with Crippen molar-refractivity contribution in [1.29, 1.82) is 0 Å². The topological polar surface area (TPSA) is 63.2 Å². The van der Waals surface area contributed by atoms with Gasteiger partial charge >= 0.3 is 0 Å². The summed E-state index contributed by atoms with van der Waals surface area (Å²) in [5, 5.41) is 7.01. The second-order valence-corrected chi connectivity index (χ2v) is 5.36. The number of rotatable bonds is 4. The number of thiazole rings is 1. The van der Waals surface area contributed by atoms with Crippen molar-refractivity contribution in [1.82, 2.24) is 15.6 Å². The molecule has 6 heteroatoms. The Morgan fingerprint density at radius 1 is 1.76 bits per heavy atom. The van der Waals surface area contributed by atoms with Gasteiger partial charge in [-0.25, -0.2) is 4.98 Å². The maximum absolute atomic E-state index is 11.6. The molecule has 0 saturated carbocycles. The van der Waals surface area contributed by atoms with Crippen molar-refractivity contribution in [3.63, 3.8) is 0 Å². The van der Waals surface area contributed by atoms with Crippen LogP contribution >= 0.6 is 11.3 Å². The van der Waals surface area contributed by atoms with E-state index in [9.17, 15) is 4.79 Å². The second kappa shape index (κ2) is 6.09. The Hall–Kier alpha value is -0.980. The number of carbonyl (C=O) groups excluding carboxylic acids is 1. The van der Waals surface area contributed by atoms with Crippen LogP contribution in [0, 0.1) is 6.92 Å². The van der Waals surface area contributed by atoms with Gasteiger partial charge in [0, 0.05) is 24.2 Å². The van der Waals surface area contributed by atoms with Gasteiger partial charge in [-0.1, -0.05) is 0 Å². The molecule has 5 nitrogen and oxygen atoms in total. The first kappa shape index (κ1) is 12.5. The van der Waals surface area contributed by atoms with Crippen LogP contribution in [0.3, 0.4) is 0 Å². The SMILES string of the molecule is Cc1cnc(CNC(=O)CC2CNCCO2)s1. The molecule has 0 radical (unpaired) electrons. The normalized spacial score (nSPS) is 20.2. The largest absolute Gasteiger partial charge is 0.375 e. The standard InChI is InChI=1S/C11H17N3O2S/c1-8-5-14-11(17-8)7-13-10(15)4-9-6-12-2-3-16-9/h5,9,12H,2-4,6-7H2,1H3,(H,13,15). The summed E-state index contributed by atoms with van der Waals surface area (Å²) in [6, 6.07) is 0. The van der Waals surface area contributed by atoms with Crippen molar-refractivity contribution in [2.75, 3.05) is 19.7 Å². The zero-order valence-corrected chi connectivity index (χ0v) is 10.7. The molecule has 2 heterocycles. The molecule has 1 saturated heterocycles. The average molecular weight is 255 g/mol. The Morgan fingerprint density at radius 3 is 3.29 bits per heavy atom. The number of aryl methyl sites for hydroxylation is 1. The van der Waals surface area contributed by atoms with Gasteiger partial charge in [-0.2, -0.15) is 0 Å². The lowest BCUT2D eigenvalue weighted by Gasteiger charge is -2.22. The lowest BCUT2D eigenvalue weighted by Crippen LogP contribution is -2.41. The third kappa shape index (κ3) is 4.07. The van der Waals surface area contributed by atoms with Gasteiger partial charge in [-0.15, -0.1) is 11.3 Å². The van der Waals surface area contributed by atoms with E-state index in [2.05, 4.69) is 15.6 Å². The summed E-state index contributed by atoms with van der Waals surface area (Å²) in [4.78, 5) is 17.0. The van der Waals surface area contributed by atoms with Crippen molar-refractivity contribution >= 4 is 17.2 Å². The average Bonchev–Trinajstić information content (AvgIpc) is 2.74. The lowest BCUT2D eigenvalue weighted by molar-refractivity contribution is -0.124. The molecule has 1 fully saturated rings. The van der Waals surface area contributed by atoms with E-state index in [-0.39, 0.29) is 12.0 Å². The molecule has 1 aromatic rings. The van der Waals surface area contributed by atoms with Crippen LogP contribution in [-0.2, 0) is 16.1 Å². The van der Waals surface area contributed by atoms with Gasteiger partial charge in [-0.3, -0.25) is 4.79 Å². The van der Waals surface area contributed by atoms with E-state index in [1.165, 1.54) is 0 Å². The molecule has 94 valence electrons. The number of aromatic nitrogens is 1. The van der Waals surface area contributed by atoms with Gasteiger partial charge in [0.05, 0.1) is 25.7 Å². The zero-order chi connectivity index (χ0) is 12.1. The Bertz CT molecular complexity index is 375. The molecule has 1 amide bonds. The first-order valence-corrected chi connectivity index (χ1v) is 6.56. The highest BCUT2D eigenvalue weighted by molar-refractivity contribution is 7.11. The minimum absolute atomic E-state index is 0.00165. The Kier molecular flexibility index (Phi) is 4.47. The number of carbonyl (C=O) groups is 1. The fourth-order valence-corrected chi connectivity index (χ4v) is 2.41. The quantitative estimate of drug-likeness (QED) is 0.820. The van der Waals surface area contributed by atoms with Crippen molar-refractivity contribution in [2.24, 2.45) is 0 Å². The predicted molar refractivity (Wildman–Crippen MR) is 65.9 cm³/mol. The van der Waals surface area contributed by atoms with Gasteiger partial charge in [0.25, 0.3) is 0 Å². The molecule has 17 heavy (non-hydrogen) atoms. The highest BCUT2D eigenvalue weighted by atomic mass is 32.1. The highest BCUT2D eigenvalue weighted by Gasteiger charge is 2.17. The number of nitrogens with one attached hydrogen (secondary N) is 2. The van der Waals surface area contributed by atoms with Crippen LogP contribution in [0.1, 0.15) is 16.3 Å². The Labute approximate surface area is 105 Å². The summed E-state index contributed by atoms with van der Waals surface area (Å²) >= 11 is 1.61. The van der Waals surface area contributed by atoms with Crippen molar-refractivity contribution in [3.05, 3.63) is 16.1 Å². The van der Waals surface area contributed by atoms with E-state index in [4.69, 9.17) is 4.74 Å².